The van der Waals surface area contributed by atoms with E-state index in [1.807, 2.05) is 0 Å². The Kier molecular flexibility index (Phi) is 4.92. The van der Waals surface area contributed by atoms with E-state index in [9.17, 15) is 22.8 Å². The third kappa shape index (κ3) is 4.12. The van der Waals surface area contributed by atoms with Gasteiger partial charge in [-0.05, 0) is 44.0 Å². The summed E-state index contributed by atoms with van der Waals surface area (Å²) in [6, 6.07) is 5.78. The van der Waals surface area contributed by atoms with Crippen molar-refractivity contribution in [2.45, 2.75) is 31.9 Å². The zero-order valence-electron chi connectivity index (χ0n) is 15.7. The van der Waals surface area contributed by atoms with Gasteiger partial charge in [-0.25, -0.2) is 9.78 Å². The van der Waals surface area contributed by atoms with Gasteiger partial charge in [0, 0.05) is 17.3 Å². The van der Waals surface area contributed by atoms with Crippen molar-refractivity contribution in [3.8, 4) is 0 Å². The summed E-state index contributed by atoms with van der Waals surface area (Å²) in [6.07, 6.45) is -2.62. The third-order valence-electron chi connectivity index (χ3n) is 4.66. The summed E-state index contributed by atoms with van der Waals surface area (Å²) in [7, 11) is 0. The van der Waals surface area contributed by atoms with E-state index in [1.54, 1.807) is 13.0 Å². The molecule has 1 N–H and O–H groups in total. The highest BCUT2D eigenvalue weighted by atomic mass is 19.4. The second-order valence-corrected chi connectivity index (χ2v) is 7.02. The van der Waals surface area contributed by atoms with Gasteiger partial charge in [0.25, 0.3) is 11.6 Å². The number of carbonyl (C=O) groups is 2. The number of hydrogen-bond acceptors (Lipinski definition) is 6. The number of nitrogens with zero attached hydrogens (tertiary/aromatic N) is 2. The molecule has 0 saturated heterocycles. The first-order chi connectivity index (χ1) is 14.2. The fourth-order valence-corrected chi connectivity index (χ4v) is 3.04. The predicted octanol–water partition coefficient (Wildman–Crippen LogP) is 4.22. The minimum atomic E-state index is -4.53. The molecule has 10 heteroatoms. The molecule has 3 aromatic rings. The van der Waals surface area contributed by atoms with Crippen LogP contribution in [0.2, 0.25) is 0 Å². The maximum absolute atomic E-state index is 12.8. The first kappa shape index (κ1) is 19.9. The van der Waals surface area contributed by atoms with Crippen molar-refractivity contribution in [3.63, 3.8) is 0 Å². The van der Waals surface area contributed by atoms with Gasteiger partial charge in [0.15, 0.2) is 6.61 Å². The standard InChI is InChI=1S/C20H16F3N3O4/c1-10-17-14(8-15(11-5-6-11)25-18(17)30-26-10)19(28)29-9-16(27)24-13-4-2-3-12(7-13)20(21,22)23/h2-4,7-8,11H,5-6,9H2,1H3,(H,24,27). The van der Waals surface area contributed by atoms with E-state index in [4.69, 9.17) is 9.26 Å². The van der Waals surface area contributed by atoms with Crippen LogP contribution < -0.4 is 5.32 Å². The van der Waals surface area contributed by atoms with Crippen LogP contribution in [-0.4, -0.2) is 28.6 Å². The van der Waals surface area contributed by atoms with Gasteiger partial charge in [0.1, 0.15) is 0 Å². The summed E-state index contributed by atoms with van der Waals surface area (Å²) in [6.45, 7) is 0.990. The molecule has 156 valence electrons. The fraction of sp³-hybridized carbons (Fsp3) is 0.300. The van der Waals surface area contributed by atoms with Crippen LogP contribution in [-0.2, 0) is 15.7 Å². The van der Waals surface area contributed by atoms with Gasteiger partial charge in [-0.15, -0.1) is 0 Å². The zero-order valence-corrected chi connectivity index (χ0v) is 15.7. The fourth-order valence-electron chi connectivity index (χ4n) is 3.04. The van der Waals surface area contributed by atoms with Crippen molar-refractivity contribution < 1.29 is 32.0 Å². The van der Waals surface area contributed by atoms with Crippen LogP contribution in [0.3, 0.4) is 0 Å². The van der Waals surface area contributed by atoms with Crippen molar-refractivity contribution in [1.82, 2.24) is 10.1 Å². The van der Waals surface area contributed by atoms with E-state index in [1.165, 1.54) is 12.1 Å². The summed E-state index contributed by atoms with van der Waals surface area (Å²) in [5.41, 5.74) is 0.610. The molecule has 2 aromatic heterocycles. The maximum Gasteiger partial charge on any atom is 0.416 e. The number of pyridine rings is 1. The van der Waals surface area contributed by atoms with Crippen molar-refractivity contribution in [1.29, 1.82) is 0 Å². The minimum absolute atomic E-state index is 0.0527. The van der Waals surface area contributed by atoms with E-state index in [0.717, 1.165) is 25.0 Å². The molecule has 1 aliphatic rings. The zero-order chi connectivity index (χ0) is 21.5. The van der Waals surface area contributed by atoms with E-state index in [0.29, 0.717) is 16.8 Å². The second kappa shape index (κ2) is 7.43. The number of fused-ring (bicyclic) bond motifs is 1. The first-order valence-electron chi connectivity index (χ1n) is 9.13. The van der Waals surface area contributed by atoms with Gasteiger partial charge >= 0.3 is 12.1 Å². The Hall–Kier alpha value is -3.43. The van der Waals surface area contributed by atoms with Crippen LogP contribution in [0.4, 0.5) is 18.9 Å². The Bertz CT molecular complexity index is 1140. The van der Waals surface area contributed by atoms with Crippen molar-refractivity contribution in [2.24, 2.45) is 0 Å². The average molecular weight is 419 g/mol. The summed E-state index contributed by atoms with van der Waals surface area (Å²) >= 11 is 0. The molecular formula is C20H16F3N3O4. The largest absolute Gasteiger partial charge is 0.452 e. The summed E-state index contributed by atoms with van der Waals surface area (Å²) in [4.78, 5) is 29.0. The van der Waals surface area contributed by atoms with E-state index in [-0.39, 0.29) is 22.9 Å². The highest BCUT2D eigenvalue weighted by Gasteiger charge is 2.31. The lowest BCUT2D eigenvalue weighted by Crippen LogP contribution is -2.21. The van der Waals surface area contributed by atoms with Crippen LogP contribution in [0.5, 0.6) is 0 Å². The van der Waals surface area contributed by atoms with Crippen molar-refractivity contribution in [2.75, 3.05) is 11.9 Å². The summed E-state index contributed by atoms with van der Waals surface area (Å²) < 4.78 is 48.6. The Morgan fingerprint density at radius 3 is 2.73 bits per heavy atom. The number of ether oxygens (including phenoxy) is 1. The number of alkyl halides is 3. The lowest BCUT2D eigenvalue weighted by Gasteiger charge is -2.10. The van der Waals surface area contributed by atoms with Gasteiger partial charge in [0.05, 0.1) is 22.2 Å². The van der Waals surface area contributed by atoms with Crippen molar-refractivity contribution in [3.05, 3.63) is 52.8 Å². The molecule has 1 amide bonds. The molecule has 1 aliphatic carbocycles. The highest BCUT2D eigenvalue weighted by molar-refractivity contribution is 6.04. The number of hydrogen-bond donors (Lipinski definition) is 1. The van der Waals surface area contributed by atoms with Crippen LogP contribution in [0.1, 0.15) is 46.1 Å². The smallest absolute Gasteiger partial charge is 0.416 e. The van der Waals surface area contributed by atoms with Crippen molar-refractivity contribution >= 4 is 28.7 Å². The average Bonchev–Trinajstić information content (AvgIpc) is 3.48. The van der Waals surface area contributed by atoms with Gasteiger partial charge in [-0.3, -0.25) is 4.79 Å². The second-order valence-electron chi connectivity index (χ2n) is 7.02. The lowest BCUT2D eigenvalue weighted by molar-refractivity contribution is -0.137. The number of aromatic nitrogens is 2. The molecule has 1 aromatic carbocycles. The summed E-state index contributed by atoms with van der Waals surface area (Å²) in [5.74, 6) is -1.29. The molecule has 0 aliphatic heterocycles. The molecule has 0 atom stereocenters. The summed E-state index contributed by atoms with van der Waals surface area (Å²) in [5, 5.41) is 6.51. The molecule has 0 unspecified atom stereocenters. The number of anilines is 1. The number of carbonyl (C=O) groups excluding carboxylic acids is 2. The molecule has 2 heterocycles. The molecule has 30 heavy (non-hydrogen) atoms. The number of aryl methyl sites for hydroxylation is 1. The molecule has 1 saturated carbocycles. The van der Waals surface area contributed by atoms with Gasteiger partial charge < -0.3 is 14.6 Å². The maximum atomic E-state index is 12.8. The van der Waals surface area contributed by atoms with E-state index >= 15 is 0 Å². The number of nitrogens with one attached hydrogen (secondary N) is 1. The Labute approximate surface area is 168 Å². The Balaban J connectivity index is 1.46. The molecule has 0 bridgehead atoms. The first-order valence-corrected chi connectivity index (χ1v) is 9.13. The lowest BCUT2D eigenvalue weighted by atomic mass is 10.1. The third-order valence-corrected chi connectivity index (χ3v) is 4.66. The number of amides is 1. The van der Waals surface area contributed by atoms with Crippen LogP contribution in [0.15, 0.2) is 34.9 Å². The number of halogens is 3. The van der Waals surface area contributed by atoms with Crippen LogP contribution in [0, 0.1) is 6.92 Å². The number of benzene rings is 1. The molecule has 4 rings (SSSR count). The number of esters is 1. The quantitative estimate of drug-likeness (QED) is 0.623. The number of rotatable bonds is 5. The molecule has 0 spiro atoms. The minimum Gasteiger partial charge on any atom is -0.452 e. The Morgan fingerprint density at radius 2 is 2.03 bits per heavy atom. The van der Waals surface area contributed by atoms with E-state index < -0.39 is 30.2 Å². The molecule has 0 radical (unpaired) electrons. The van der Waals surface area contributed by atoms with Gasteiger partial charge in [0.2, 0.25) is 0 Å². The predicted molar refractivity (Wildman–Crippen MR) is 98.9 cm³/mol. The Morgan fingerprint density at radius 1 is 1.27 bits per heavy atom. The van der Waals surface area contributed by atoms with Gasteiger partial charge in [-0.2, -0.15) is 13.2 Å². The molecule has 7 nitrogen and oxygen atoms in total. The highest BCUT2D eigenvalue weighted by Crippen LogP contribution is 2.40. The van der Waals surface area contributed by atoms with Gasteiger partial charge in [-0.1, -0.05) is 11.2 Å². The topological polar surface area (TPSA) is 94.3 Å². The molecular weight excluding hydrogens is 403 g/mol. The molecule has 1 fully saturated rings. The SMILES string of the molecule is Cc1noc2nc(C3CC3)cc(C(=O)OCC(=O)Nc3cccc(C(F)(F)F)c3)c12. The van der Waals surface area contributed by atoms with Crippen LogP contribution >= 0.6 is 0 Å². The van der Waals surface area contributed by atoms with E-state index in [2.05, 4.69) is 15.5 Å². The monoisotopic (exact) mass is 419 g/mol. The normalized spacial score (nSPS) is 14.0. The van der Waals surface area contributed by atoms with Crippen LogP contribution in [0.25, 0.3) is 11.1 Å².